The van der Waals surface area contributed by atoms with Gasteiger partial charge >= 0.3 is 11.9 Å². The zero-order valence-corrected chi connectivity index (χ0v) is 41.0. The minimum atomic E-state index is -2.69. The first-order valence-corrected chi connectivity index (χ1v) is 24.1. The number of methoxy groups -OCH3 is 1. The van der Waals surface area contributed by atoms with Crippen molar-refractivity contribution >= 4 is 40.6 Å². The van der Waals surface area contributed by atoms with E-state index in [9.17, 15) is 19.5 Å². The van der Waals surface area contributed by atoms with Crippen LogP contribution < -0.4 is 0 Å². The van der Waals surface area contributed by atoms with Crippen molar-refractivity contribution in [2.75, 3.05) is 13.7 Å². The van der Waals surface area contributed by atoms with Crippen molar-refractivity contribution < 1.29 is 29.0 Å². The third-order valence-electron chi connectivity index (χ3n) is 14.3. The van der Waals surface area contributed by atoms with Gasteiger partial charge in [-0.15, -0.1) is 0 Å². The smallest absolute Gasteiger partial charge is 0.351 e. The number of carbonyl (C=O) groups is 3. The van der Waals surface area contributed by atoms with Crippen molar-refractivity contribution in [1.82, 2.24) is 0 Å². The Kier molecular flexibility index (Phi) is 16.0. The van der Waals surface area contributed by atoms with Gasteiger partial charge in [-0.1, -0.05) is 105 Å². The van der Waals surface area contributed by atoms with E-state index >= 15 is 0 Å². The summed E-state index contributed by atoms with van der Waals surface area (Å²) in [7, 11) is 1.14. The van der Waals surface area contributed by atoms with Gasteiger partial charge in [0.15, 0.2) is 0 Å². The Morgan fingerprint density at radius 2 is 1.46 bits per heavy atom. The van der Waals surface area contributed by atoms with Crippen LogP contribution in [0, 0.1) is 29.6 Å². The van der Waals surface area contributed by atoms with E-state index in [4.69, 9.17) is 29.4 Å². The van der Waals surface area contributed by atoms with Gasteiger partial charge in [-0.05, 0) is 118 Å². The summed E-state index contributed by atoms with van der Waals surface area (Å²) in [6.07, 6.45) is 21.7. The van der Waals surface area contributed by atoms with Crippen LogP contribution in [0.3, 0.4) is 0 Å². The summed E-state index contributed by atoms with van der Waals surface area (Å²) in [5.74, 6) is -0.824. The number of nitrogens with zero attached hydrogens (tertiary/aromatic N) is 4. The predicted molar refractivity (Wildman–Crippen MR) is 263 cm³/mol. The summed E-state index contributed by atoms with van der Waals surface area (Å²) in [6, 6.07) is 0. The number of rotatable bonds is 20. The number of ether oxygens (including phenoxy) is 2. The molecule has 1 saturated carbocycles. The molecule has 10 heteroatoms. The maximum Gasteiger partial charge on any atom is 0.351 e. The fourth-order valence-electron chi connectivity index (χ4n) is 10.1. The molecular weight excluding hydrogens is 813 g/mol. The molecule has 0 aromatic heterocycles. The Labute approximate surface area is 387 Å². The van der Waals surface area contributed by atoms with Gasteiger partial charge < -0.3 is 14.6 Å². The van der Waals surface area contributed by atoms with E-state index in [1.807, 2.05) is 45.1 Å². The number of aliphatic hydroxyl groups is 1. The van der Waals surface area contributed by atoms with Gasteiger partial charge in [0.05, 0.1) is 58.2 Å². The maximum atomic E-state index is 14.4. The average molecular weight is 885 g/mol. The van der Waals surface area contributed by atoms with Crippen molar-refractivity contribution in [2.24, 2.45) is 49.6 Å². The van der Waals surface area contributed by atoms with Crippen LogP contribution in [-0.2, 0) is 23.9 Å². The number of hydrogen-bond donors (Lipinski definition) is 1. The molecule has 5 heterocycles. The van der Waals surface area contributed by atoms with Crippen molar-refractivity contribution in [2.45, 2.75) is 152 Å². The van der Waals surface area contributed by atoms with Gasteiger partial charge in [0, 0.05) is 29.5 Å². The topological polar surface area (TPSA) is 139 Å². The van der Waals surface area contributed by atoms with Crippen molar-refractivity contribution in [3.8, 4) is 0 Å². The first-order valence-electron chi connectivity index (χ1n) is 24.1. The van der Waals surface area contributed by atoms with Gasteiger partial charge in [-0.25, -0.2) is 19.8 Å². The van der Waals surface area contributed by atoms with E-state index < -0.39 is 23.3 Å². The van der Waals surface area contributed by atoms with Gasteiger partial charge in [-0.2, -0.15) is 0 Å². The molecule has 1 aliphatic carbocycles. The van der Waals surface area contributed by atoms with E-state index in [2.05, 4.69) is 48.1 Å². The lowest BCUT2D eigenvalue weighted by atomic mass is 9.82. The third kappa shape index (κ3) is 10.3. The molecule has 0 spiro atoms. The zero-order valence-electron chi connectivity index (χ0n) is 41.0. The van der Waals surface area contributed by atoms with Crippen LogP contribution in [0.15, 0.2) is 124 Å². The first-order chi connectivity index (χ1) is 30.9. The van der Waals surface area contributed by atoms with Gasteiger partial charge in [0.25, 0.3) is 5.60 Å². The summed E-state index contributed by atoms with van der Waals surface area (Å²) in [4.78, 5) is 61.7. The van der Waals surface area contributed by atoms with Gasteiger partial charge in [0.2, 0.25) is 5.78 Å². The highest BCUT2D eigenvalue weighted by molar-refractivity contribution is 6.46. The highest BCUT2D eigenvalue weighted by Gasteiger charge is 2.62. The Balaban J connectivity index is 1.22. The molecule has 0 aromatic carbocycles. The molecular formula is C55H72N4O6. The molecule has 0 saturated heterocycles. The van der Waals surface area contributed by atoms with E-state index in [0.29, 0.717) is 46.4 Å². The van der Waals surface area contributed by atoms with E-state index in [1.54, 1.807) is 13.0 Å². The quantitative estimate of drug-likeness (QED) is 0.0733. The second-order valence-corrected chi connectivity index (χ2v) is 19.6. The highest BCUT2D eigenvalue weighted by atomic mass is 16.5. The Bertz CT molecular complexity index is 2380. The molecule has 5 atom stereocenters. The number of esters is 2. The van der Waals surface area contributed by atoms with Gasteiger partial charge in [-0.3, -0.25) is 14.6 Å². The molecule has 6 rings (SSSR count). The highest BCUT2D eigenvalue weighted by Crippen LogP contribution is 2.49. The number of Topliss-reactive ketones (excluding diaryl/α,β-unsaturated/α-hetero) is 1. The standard InChI is InChI=1S/C55H72N4O6/c1-13-39-35(8)42-28-44-37(10)41(24-25-48(60)65-27-26-34(7)23-17-22-33(6)21-16-20-32(5)19-15-18-31(3)4)51(58-44)50-52-49(53(61)55(50,63)54(62)64-12)38(11)45(59-52)30-47-40(14-2)36(9)43(57-47)29-46(39)56-42/h13,26,28-33,37,41,63H,1,14-25,27H2,2-12H3/t32-,33-,37-,41-,55-/m0/s1. The Morgan fingerprint density at radius 1 is 0.846 bits per heavy atom. The number of allylic oxidation sites excluding steroid dienone is 11. The normalized spacial score (nSPS) is 23.7. The van der Waals surface area contributed by atoms with E-state index in [1.165, 1.54) is 50.5 Å². The second-order valence-electron chi connectivity index (χ2n) is 19.6. The molecule has 65 heavy (non-hydrogen) atoms. The summed E-state index contributed by atoms with van der Waals surface area (Å²) in [6.45, 7) is 25.6. The lowest BCUT2D eigenvalue weighted by Crippen LogP contribution is -2.46. The van der Waals surface area contributed by atoms with Crippen LogP contribution >= 0.6 is 0 Å². The molecule has 1 fully saturated rings. The lowest BCUT2D eigenvalue weighted by Gasteiger charge is -2.24. The minimum absolute atomic E-state index is 0.0108. The Hall–Kier alpha value is -5.09. The number of hydrogen-bond acceptors (Lipinski definition) is 10. The molecule has 1 N–H and O–H groups in total. The SMILES string of the molecule is C=CC1=C(C)C2=CC3=NC(=C4C5=NC(=CC6=NC(=CC1=N2)C(C)=C6CC)C(C)=C5C(=O)[C@]4(O)C(=O)OC)[C@@H](CCC(=O)OCC=C(C)CCC[C@@H](C)CCC[C@@H](C)CCCC(C)C)[C@@H]3C. The minimum Gasteiger partial charge on any atom is -0.466 e. The van der Waals surface area contributed by atoms with Crippen molar-refractivity contribution in [3.05, 3.63) is 104 Å². The summed E-state index contributed by atoms with van der Waals surface area (Å²) < 4.78 is 10.9. The fraction of sp³-hybridized carbons (Fsp3) is 0.545. The predicted octanol–water partition coefficient (Wildman–Crippen LogP) is 11.7. The number of aliphatic imine (C=N–C) groups is 4. The van der Waals surface area contributed by atoms with E-state index in [0.717, 1.165) is 65.5 Å². The number of carbonyl (C=O) groups excluding carboxylic acids is 3. The summed E-state index contributed by atoms with van der Waals surface area (Å²) in [5.41, 5.74) is 7.53. The molecule has 0 radical (unpaired) electrons. The van der Waals surface area contributed by atoms with Crippen molar-refractivity contribution in [3.63, 3.8) is 0 Å². The Morgan fingerprint density at radius 3 is 2.11 bits per heavy atom. The lowest BCUT2D eigenvalue weighted by molar-refractivity contribution is -0.161. The summed E-state index contributed by atoms with van der Waals surface area (Å²) in [5, 5.41) is 12.3. The molecule has 8 bridgehead atoms. The second kappa shape index (κ2) is 21.0. The third-order valence-corrected chi connectivity index (χ3v) is 14.3. The van der Waals surface area contributed by atoms with Crippen LogP contribution in [0.1, 0.15) is 146 Å². The molecule has 0 unspecified atom stereocenters. The number of ketones is 1. The van der Waals surface area contributed by atoms with Crippen LogP contribution in [0.4, 0.5) is 0 Å². The summed E-state index contributed by atoms with van der Waals surface area (Å²) >= 11 is 0. The zero-order chi connectivity index (χ0) is 47.3. The van der Waals surface area contributed by atoms with Crippen LogP contribution in [0.25, 0.3) is 0 Å². The molecule has 10 nitrogen and oxygen atoms in total. The molecule has 348 valence electrons. The van der Waals surface area contributed by atoms with E-state index in [-0.39, 0.29) is 48.2 Å². The number of fused-ring (bicyclic) bond motifs is 4. The maximum absolute atomic E-state index is 14.4. The molecule has 5 aliphatic heterocycles. The van der Waals surface area contributed by atoms with Gasteiger partial charge in [0.1, 0.15) is 6.61 Å². The van der Waals surface area contributed by atoms with Crippen LogP contribution in [0.2, 0.25) is 0 Å². The van der Waals surface area contributed by atoms with Crippen LogP contribution in [0.5, 0.6) is 0 Å². The largest absolute Gasteiger partial charge is 0.466 e. The first kappa shape index (κ1) is 49.3. The molecule has 0 aromatic rings. The molecule has 0 amide bonds. The average Bonchev–Trinajstić information content (AvgIpc) is 3.99. The monoisotopic (exact) mass is 885 g/mol. The fourth-order valence-corrected chi connectivity index (χ4v) is 10.1. The van der Waals surface area contributed by atoms with Crippen LogP contribution in [-0.4, -0.2) is 65.0 Å². The van der Waals surface area contributed by atoms with Crippen molar-refractivity contribution in [1.29, 1.82) is 0 Å². The molecule has 6 aliphatic rings.